The largest absolute Gasteiger partial charge is 0.504 e. The van der Waals surface area contributed by atoms with Crippen molar-refractivity contribution in [2.24, 2.45) is 0 Å². The van der Waals surface area contributed by atoms with Gasteiger partial charge in [-0.2, -0.15) is 0 Å². The smallest absolute Gasteiger partial charge is 0.231 e. The number of carbonyl (C=O) groups excluding carboxylic acids is 1. The normalized spacial score (nSPS) is 19.9. The molecule has 0 spiro atoms. The second-order valence-electron chi connectivity index (χ2n) is 7.07. The zero-order chi connectivity index (χ0) is 18.6. The zero-order valence-corrected chi connectivity index (χ0v) is 14.3. The number of allylic oxidation sites excluding steroid dienone is 1. The first-order valence-electron chi connectivity index (χ1n) is 8.25. The van der Waals surface area contributed by atoms with Crippen LogP contribution in [0.2, 0.25) is 0 Å². The summed E-state index contributed by atoms with van der Waals surface area (Å²) in [5.74, 6) is 0.416. The summed E-state index contributed by atoms with van der Waals surface area (Å²) < 4.78 is 11.6. The number of carbonyl (C=O) groups is 1. The minimum atomic E-state index is -1.02. The first-order valence-corrected chi connectivity index (χ1v) is 8.25. The highest BCUT2D eigenvalue weighted by molar-refractivity contribution is 6.15. The first kappa shape index (κ1) is 16.5. The number of Topliss-reactive ketones (excluding diaryl/α,β-unsaturated/α-hetero) is 1. The summed E-state index contributed by atoms with van der Waals surface area (Å²) in [6.45, 7) is 3.36. The highest BCUT2D eigenvalue weighted by Crippen LogP contribution is 2.45. The Bertz CT molecular complexity index is 952. The molecule has 1 atom stereocenters. The molecule has 6 heteroatoms. The number of rotatable bonds is 2. The van der Waals surface area contributed by atoms with E-state index in [9.17, 15) is 20.1 Å². The molecule has 0 amide bonds. The molecule has 2 aromatic rings. The summed E-state index contributed by atoms with van der Waals surface area (Å²) >= 11 is 0. The Hall–Kier alpha value is -2.99. The van der Waals surface area contributed by atoms with Gasteiger partial charge in [0.2, 0.25) is 5.78 Å². The molecule has 0 aliphatic carbocycles. The lowest BCUT2D eigenvalue weighted by molar-refractivity contribution is -0.0229. The maximum Gasteiger partial charge on any atom is 0.231 e. The van der Waals surface area contributed by atoms with Crippen molar-refractivity contribution < 1.29 is 29.6 Å². The molecule has 26 heavy (non-hydrogen) atoms. The van der Waals surface area contributed by atoms with Gasteiger partial charge in [-0.05, 0) is 49.8 Å². The highest BCUT2D eigenvalue weighted by Gasteiger charge is 2.40. The third-order valence-electron chi connectivity index (χ3n) is 4.64. The van der Waals surface area contributed by atoms with E-state index >= 15 is 0 Å². The van der Waals surface area contributed by atoms with Crippen LogP contribution >= 0.6 is 0 Å². The van der Waals surface area contributed by atoms with Crippen molar-refractivity contribution in [2.45, 2.75) is 32.0 Å². The van der Waals surface area contributed by atoms with Crippen LogP contribution in [0.15, 0.2) is 36.1 Å². The van der Waals surface area contributed by atoms with Crippen LogP contribution in [0, 0.1) is 0 Å². The number of phenols is 2. The van der Waals surface area contributed by atoms with Crippen LogP contribution in [0.5, 0.6) is 23.0 Å². The molecule has 6 nitrogen and oxygen atoms in total. The number of aromatic hydroxyl groups is 2. The Morgan fingerprint density at radius 2 is 1.92 bits per heavy atom. The van der Waals surface area contributed by atoms with Crippen molar-refractivity contribution in [2.75, 3.05) is 0 Å². The fourth-order valence-electron chi connectivity index (χ4n) is 3.15. The van der Waals surface area contributed by atoms with Crippen LogP contribution in [-0.2, 0) is 6.42 Å². The van der Waals surface area contributed by atoms with Crippen LogP contribution in [0.3, 0.4) is 0 Å². The van der Waals surface area contributed by atoms with Crippen molar-refractivity contribution >= 4 is 11.9 Å². The van der Waals surface area contributed by atoms with E-state index in [1.54, 1.807) is 32.0 Å². The molecule has 2 aromatic carbocycles. The van der Waals surface area contributed by atoms with Gasteiger partial charge in [-0.3, -0.25) is 4.79 Å². The third-order valence-corrected chi connectivity index (χ3v) is 4.64. The van der Waals surface area contributed by atoms with Crippen LogP contribution in [0.25, 0.3) is 6.08 Å². The predicted molar refractivity (Wildman–Crippen MR) is 93.6 cm³/mol. The maximum atomic E-state index is 12.6. The molecule has 2 aliphatic heterocycles. The SMILES string of the molecule is CC(C)(O)[C@H]1Cc2c(ccc3c2O/C(=C\c2ccc(O)c(O)c2)C3=O)O1. The fraction of sp³-hybridized carbons (Fsp3) is 0.250. The first-order chi connectivity index (χ1) is 12.2. The molecule has 0 saturated heterocycles. The van der Waals surface area contributed by atoms with Crippen LogP contribution in [0.1, 0.15) is 35.3 Å². The number of hydrogen-bond acceptors (Lipinski definition) is 6. The minimum Gasteiger partial charge on any atom is -0.504 e. The van der Waals surface area contributed by atoms with E-state index < -0.39 is 11.7 Å². The maximum absolute atomic E-state index is 12.6. The molecule has 0 aromatic heterocycles. The van der Waals surface area contributed by atoms with Gasteiger partial charge in [-0.15, -0.1) is 0 Å². The Morgan fingerprint density at radius 3 is 2.62 bits per heavy atom. The highest BCUT2D eigenvalue weighted by atomic mass is 16.5. The summed E-state index contributed by atoms with van der Waals surface area (Å²) in [6.07, 6.45) is 1.55. The van der Waals surface area contributed by atoms with Crippen LogP contribution in [0.4, 0.5) is 0 Å². The average molecular weight is 354 g/mol. The van der Waals surface area contributed by atoms with Crippen LogP contribution in [-0.4, -0.2) is 32.8 Å². The quantitative estimate of drug-likeness (QED) is 0.567. The molecule has 0 bridgehead atoms. The number of phenolic OH excluding ortho intramolecular Hbond substituents is 2. The van der Waals surface area contributed by atoms with E-state index in [1.165, 1.54) is 18.2 Å². The molecule has 0 fully saturated rings. The van der Waals surface area contributed by atoms with E-state index in [1.807, 2.05) is 0 Å². The summed E-state index contributed by atoms with van der Waals surface area (Å²) in [4.78, 5) is 12.6. The molecule has 0 saturated carbocycles. The third kappa shape index (κ3) is 2.59. The number of fused-ring (bicyclic) bond motifs is 3. The van der Waals surface area contributed by atoms with E-state index in [0.29, 0.717) is 29.0 Å². The lowest BCUT2D eigenvalue weighted by Gasteiger charge is -2.24. The Labute approximate surface area is 149 Å². The van der Waals surface area contributed by atoms with Gasteiger partial charge in [0, 0.05) is 12.0 Å². The standard InChI is InChI=1S/C20H18O6/c1-20(2,24)17-9-12-15(25-17)6-4-11-18(23)16(26-19(11)12)8-10-3-5-13(21)14(22)7-10/h3-8,17,21-22,24H,9H2,1-2H3/b16-8-/t17-/m1/s1. The fourth-order valence-corrected chi connectivity index (χ4v) is 3.15. The van der Waals surface area contributed by atoms with E-state index in [0.717, 1.165) is 5.56 Å². The molecular formula is C20H18O6. The molecule has 2 heterocycles. The van der Waals surface area contributed by atoms with Crippen molar-refractivity contribution in [1.82, 2.24) is 0 Å². The van der Waals surface area contributed by atoms with Gasteiger partial charge in [0.1, 0.15) is 17.6 Å². The van der Waals surface area contributed by atoms with Crippen LogP contribution < -0.4 is 9.47 Å². The number of benzene rings is 2. The van der Waals surface area contributed by atoms with Crippen molar-refractivity contribution in [3.8, 4) is 23.0 Å². The van der Waals surface area contributed by atoms with Gasteiger partial charge in [-0.25, -0.2) is 0 Å². The van der Waals surface area contributed by atoms with E-state index in [4.69, 9.17) is 9.47 Å². The summed E-state index contributed by atoms with van der Waals surface area (Å²) in [5.41, 5.74) is 0.716. The molecular weight excluding hydrogens is 336 g/mol. The van der Waals surface area contributed by atoms with Gasteiger partial charge < -0.3 is 24.8 Å². The molecule has 4 rings (SSSR count). The Kier molecular flexibility index (Phi) is 3.49. The van der Waals surface area contributed by atoms with Crippen molar-refractivity contribution in [3.05, 3.63) is 52.8 Å². The number of aliphatic hydroxyl groups is 1. The average Bonchev–Trinajstić information content (AvgIpc) is 3.13. The van der Waals surface area contributed by atoms with Crippen molar-refractivity contribution in [1.29, 1.82) is 0 Å². The Morgan fingerprint density at radius 1 is 1.15 bits per heavy atom. The van der Waals surface area contributed by atoms with Gasteiger partial charge in [-0.1, -0.05) is 6.07 Å². The van der Waals surface area contributed by atoms with E-state index in [2.05, 4.69) is 0 Å². The topological polar surface area (TPSA) is 96.2 Å². The molecule has 3 N–H and O–H groups in total. The summed E-state index contributed by atoms with van der Waals surface area (Å²) in [7, 11) is 0. The second kappa shape index (κ2) is 5.51. The molecule has 134 valence electrons. The number of ketones is 1. The summed E-state index contributed by atoms with van der Waals surface area (Å²) in [5, 5.41) is 29.2. The van der Waals surface area contributed by atoms with Gasteiger partial charge in [0.05, 0.1) is 11.2 Å². The number of ether oxygens (including phenoxy) is 2. The zero-order valence-electron chi connectivity index (χ0n) is 14.3. The lowest BCUT2D eigenvalue weighted by Crippen LogP contribution is -2.39. The van der Waals surface area contributed by atoms with Gasteiger partial charge >= 0.3 is 0 Å². The Balaban J connectivity index is 1.69. The minimum absolute atomic E-state index is 0.130. The summed E-state index contributed by atoms with van der Waals surface area (Å²) in [6, 6.07) is 7.63. The van der Waals surface area contributed by atoms with E-state index in [-0.39, 0.29) is 23.0 Å². The second-order valence-corrected chi connectivity index (χ2v) is 7.07. The lowest BCUT2D eigenvalue weighted by atomic mass is 9.96. The molecule has 0 unspecified atom stereocenters. The monoisotopic (exact) mass is 354 g/mol. The predicted octanol–water partition coefficient (Wildman–Crippen LogP) is 2.79. The molecule has 2 aliphatic rings. The van der Waals surface area contributed by atoms with Gasteiger partial charge in [0.15, 0.2) is 17.3 Å². The molecule has 0 radical (unpaired) electrons. The number of hydrogen-bond donors (Lipinski definition) is 3. The van der Waals surface area contributed by atoms with Crippen molar-refractivity contribution in [3.63, 3.8) is 0 Å². The van der Waals surface area contributed by atoms with Gasteiger partial charge in [0.25, 0.3) is 0 Å².